The molecule has 1 N–H and O–H groups in total. The number of sulfonamides is 1. The van der Waals surface area contributed by atoms with E-state index in [9.17, 15) is 8.42 Å². The predicted octanol–water partition coefficient (Wildman–Crippen LogP) is 2.04. The normalized spacial score (nSPS) is 21.4. The lowest BCUT2D eigenvalue weighted by Crippen LogP contribution is -2.39. The minimum Gasteiger partial charge on any atom is -0.317 e. The SMILES string of the molecule is O=S(=O)(CC1CCNCC1)N(Cc1ccsc1)C1CC1. The quantitative estimate of drug-likeness (QED) is 0.874. The third-order valence-electron chi connectivity index (χ3n) is 4.14. The van der Waals surface area contributed by atoms with Crippen LogP contribution in [0, 0.1) is 5.92 Å². The van der Waals surface area contributed by atoms with Crippen molar-refractivity contribution in [3.05, 3.63) is 22.4 Å². The number of piperidine rings is 1. The van der Waals surface area contributed by atoms with E-state index in [0.717, 1.165) is 44.3 Å². The molecule has 1 aliphatic carbocycles. The first kappa shape index (κ1) is 14.5. The van der Waals surface area contributed by atoms with Crippen LogP contribution in [0.4, 0.5) is 0 Å². The van der Waals surface area contributed by atoms with Gasteiger partial charge in [0.15, 0.2) is 0 Å². The summed E-state index contributed by atoms with van der Waals surface area (Å²) in [6.07, 6.45) is 4.01. The van der Waals surface area contributed by atoms with Gasteiger partial charge in [0.2, 0.25) is 10.0 Å². The Morgan fingerprint density at radius 1 is 1.25 bits per heavy atom. The highest BCUT2D eigenvalue weighted by Gasteiger charge is 2.38. The third-order valence-corrected chi connectivity index (χ3v) is 6.90. The summed E-state index contributed by atoms with van der Waals surface area (Å²) in [5.41, 5.74) is 1.12. The molecule has 2 aliphatic rings. The standard InChI is InChI=1S/C14H22N2O2S2/c17-20(18,11-12-3-6-15-7-4-12)16(14-1-2-14)9-13-5-8-19-10-13/h5,8,10,12,14-15H,1-4,6-7,9,11H2. The molecule has 1 aliphatic heterocycles. The van der Waals surface area contributed by atoms with Crippen molar-refractivity contribution < 1.29 is 8.42 Å². The molecule has 2 heterocycles. The first-order valence-electron chi connectivity index (χ1n) is 7.36. The molecular weight excluding hydrogens is 292 g/mol. The molecule has 112 valence electrons. The molecule has 0 aromatic carbocycles. The summed E-state index contributed by atoms with van der Waals surface area (Å²) >= 11 is 1.63. The number of hydrogen-bond donors (Lipinski definition) is 1. The lowest BCUT2D eigenvalue weighted by Gasteiger charge is -2.27. The van der Waals surface area contributed by atoms with Gasteiger partial charge in [-0.15, -0.1) is 0 Å². The van der Waals surface area contributed by atoms with Crippen molar-refractivity contribution in [2.24, 2.45) is 5.92 Å². The number of hydrogen-bond acceptors (Lipinski definition) is 4. The fourth-order valence-corrected chi connectivity index (χ4v) is 5.61. The van der Waals surface area contributed by atoms with E-state index in [0.29, 0.717) is 18.2 Å². The number of thiophene rings is 1. The topological polar surface area (TPSA) is 49.4 Å². The first-order valence-corrected chi connectivity index (χ1v) is 9.91. The average Bonchev–Trinajstić information content (AvgIpc) is 3.12. The Balaban J connectivity index is 1.68. The van der Waals surface area contributed by atoms with Crippen LogP contribution in [0.25, 0.3) is 0 Å². The van der Waals surface area contributed by atoms with Gasteiger partial charge in [-0.3, -0.25) is 0 Å². The molecule has 2 fully saturated rings. The Morgan fingerprint density at radius 2 is 2.00 bits per heavy atom. The van der Waals surface area contributed by atoms with E-state index >= 15 is 0 Å². The van der Waals surface area contributed by atoms with Crippen LogP contribution in [0.1, 0.15) is 31.2 Å². The fourth-order valence-electron chi connectivity index (χ4n) is 2.82. The van der Waals surface area contributed by atoms with Crippen molar-refractivity contribution in [1.29, 1.82) is 0 Å². The molecule has 0 spiro atoms. The van der Waals surface area contributed by atoms with Crippen LogP contribution < -0.4 is 5.32 Å². The highest BCUT2D eigenvalue weighted by Crippen LogP contribution is 2.32. The van der Waals surface area contributed by atoms with Gasteiger partial charge in [-0.25, -0.2) is 8.42 Å². The monoisotopic (exact) mass is 314 g/mol. The van der Waals surface area contributed by atoms with E-state index in [-0.39, 0.29) is 6.04 Å². The molecule has 6 heteroatoms. The maximum absolute atomic E-state index is 12.7. The molecule has 1 saturated carbocycles. The minimum atomic E-state index is -3.12. The lowest BCUT2D eigenvalue weighted by atomic mass is 10.0. The van der Waals surface area contributed by atoms with Crippen LogP contribution in [-0.4, -0.2) is 37.6 Å². The Morgan fingerprint density at radius 3 is 2.60 bits per heavy atom. The Kier molecular flexibility index (Phi) is 4.45. The largest absolute Gasteiger partial charge is 0.317 e. The maximum atomic E-state index is 12.7. The second kappa shape index (κ2) is 6.13. The summed E-state index contributed by atoms with van der Waals surface area (Å²) in [5.74, 6) is 0.653. The lowest BCUT2D eigenvalue weighted by molar-refractivity contribution is 0.368. The summed E-state index contributed by atoms with van der Waals surface area (Å²) in [4.78, 5) is 0. The highest BCUT2D eigenvalue weighted by molar-refractivity contribution is 7.89. The van der Waals surface area contributed by atoms with Gasteiger partial charge in [-0.2, -0.15) is 15.6 Å². The van der Waals surface area contributed by atoms with Crippen molar-refractivity contribution in [2.45, 2.75) is 38.3 Å². The summed E-state index contributed by atoms with van der Waals surface area (Å²) in [5, 5.41) is 7.36. The molecule has 20 heavy (non-hydrogen) atoms. The van der Waals surface area contributed by atoms with E-state index < -0.39 is 10.0 Å². The van der Waals surface area contributed by atoms with Crippen LogP contribution in [0.3, 0.4) is 0 Å². The molecule has 0 radical (unpaired) electrons. The second-order valence-corrected chi connectivity index (χ2v) is 8.63. The van der Waals surface area contributed by atoms with Gasteiger partial charge in [-0.1, -0.05) is 0 Å². The molecule has 4 nitrogen and oxygen atoms in total. The van der Waals surface area contributed by atoms with E-state index in [1.807, 2.05) is 11.4 Å². The average molecular weight is 314 g/mol. The fraction of sp³-hybridized carbons (Fsp3) is 0.714. The van der Waals surface area contributed by atoms with Gasteiger partial charge in [0.25, 0.3) is 0 Å². The van der Waals surface area contributed by atoms with E-state index in [2.05, 4.69) is 10.7 Å². The van der Waals surface area contributed by atoms with Crippen molar-refractivity contribution in [3.8, 4) is 0 Å². The summed E-state index contributed by atoms with van der Waals surface area (Å²) in [7, 11) is -3.12. The van der Waals surface area contributed by atoms with Crippen LogP contribution in [0.15, 0.2) is 16.8 Å². The van der Waals surface area contributed by atoms with Gasteiger partial charge in [-0.05, 0) is 67.1 Å². The Labute approximate surface area is 125 Å². The van der Waals surface area contributed by atoms with E-state index in [4.69, 9.17) is 0 Å². The zero-order valence-electron chi connectivity index (χ0n) is 11.6. The van der Waals surface area contributed by atoms with E-state index in [1.165, 1.54) is 0 Å². The van der Waals surface area contributed by atoms with Crippen LogP contribution in [-0.2, 0) is 16.6 Å². The summed E-state index contributed by atoms with van der Waals surface area (Å²) < 4.78 is 27.2. The minimum absolute atomic E-state index is 0.251. The van der Waals surface area contributed by atoms with Crippen LogP contribution in [0.5, 0.6) is 0 Å². The van der Waals surface area contributed by atoms with Crippen molar-refractivity contribution in [3.63, 3.8) is 0 Å². The molecule has 0 atom stereocenters. The van der Waals surface area contributed by atoms with Crippen LogP contribution >= 0.6 is 11.3 Å². The summed E-state index contributed by atoms with van der Waals surface area (Å²) in [6, 6.07) is 2.28. The zero-order valence-corrected chi connectivity index (χ0v) is 13.3. The smallest absolute Gasteiger partial charge is 0.214 e. The Hall–Kier alpha value is -0.430. The molecule has 0 unspecified atom stereocenters. The molecule has 0 amide bonds. The van der Waals surface area contributed by atoms with Gasteiger partial charge in [0, 0.05) is 12.6 Å². The van der Waals surface area contributed by atoms with Gasteiger partial charge < -0.3 is 5.32 Å². The van der Waals surface area contributed by atoms with Crippen LogP contribution in [0.2, 0.25) is 0 Å². The molecule has 1 saturated heterocycles. The molecule has 3 rings (SSSR count). The first-order chi connectivity index (χ1) is 9.65. The second-order valence-electron chi connectivity index (χ2n) is 5.88. The van der Waals surface area contributed by atoms with E-state index in [1.54, 1.807) is 15.6 Å². The third kappa shape index (κ3) is 3.61. The van der Waals surface area contributed by atoms with Gasteiger partial charge in [0.1, 0.15) is 0 Å². The summed E-state index contributed by atoms with van der Waals surface area (Å²) in [6.45, 7) is 2.46. The highest BCUT2D eigenvalue weighted by atomic mass is 32.2. The predicted molar refractivity (Wildman–Crippen MR) is 82.3 cm³/mol. The number of rotatable bonds is 6. The maximum Gasteiger partial charge on any atom is 0.214 e. The Bertz CT molecular complexity index is 517. The number of nitrogens with one attached hydrogen (secondary N) is 1. The molecular formula is C14H22N2O2S2. The molecule has 1 aromatic rings. The van der Waals surface area contributed by atoms with Crippen molar-refractivity contribution in [1.82, 2.24) is 9.62 Å². The van der Waals surface area contributed by atoms with Crippen molar-refractivity contribution >= 4 is 21.4 Å². The van der Waals surface area contributed by atoms with Gasteiger partial charge >= 0.3 is 0 Å². The zero-order chi connectivity index (χ0) is 14.0. The van der Waals surface area contributed by atoms with Crippen molar-refractivity contribution in [2.75, 3.05) is 18.8 Å². The van der Waals surface area contributed by atoms with Gasteiger partial charge in [0.05, 0.1) is 5.75 Å². The molecule has 0 bridgehead atoms. The number of nitrogens with zero attached hydrogens (tertiary/aromatic N) is 1. The molecule has 1 aromatic heterocycles.